The zero-order valence-corrected chi connectivity index (χ0v) is 13.3. The molecule has 1 nitrogen and oxygen atoms in total. The van der Waals surface area contributed by atoms with E-state index in [2.05, 4.69) is 13.8 Å². The molecule has 0 saturated heterocycles. The first kappa shape index (κ1) is 10.7. The zero-order valence-electron chi connectivity index (χ0n) is 13.3. The highest BCUT2D eigenvalue weighted by Crippen LogP contribution is 3.16. The van der Waals surface area contributed by atoms with Crippen molar-refractivity contribution >= 4 is 0 Å². The van der Waals surface area contributed by atoms with Crippen molar-refractivity contribution in [1.82, 2.24) is 0 Å². The van der Waals surface area contributed by atoms with E-state index in [1.54, 1.807) is 19.3 Å². The van der Waals surface area contributed by atoms with E-state index in [0.717, 1.165) is 52.4 Å². The highest BCUT2D eigenvalue weighted by Gasteiger charge is 3.13. The van der Waals surface area contributed by atoms with Gasteiger partial charge >= 0.3 is 0 Å². The van der Waals surface area contributed by atoms with E-state index >= 15 is 0 Å². The Morgan fingerprint density at radius 2 is 1.95 bits per heavy atom. The maximum absolute atomic E-state index is 6.29. The summed E-state index contributed by atoms with van der Waals surface area (Å²) >= 11 is 0. The van der Waals surface area contributed by atoms with E-state index in [1.165, 1.54) is 30.1 Å². The topological polar surface area (TPSA) is 26.0 Å². The molecule has 2 N–H and O–H groups in total. The van der Waals surface area contributed by atoms with E-state index in [4.69, 9.17) is 5.73 Å². The number of nitrogens with two attached hydrogens (primary N) is 1. The Morgan fingerprint density at radius 3 is 2.67 bits per heavy atom. The smallest absolute Gasteiger partial charge is 0.00145 e. The molecule has 1 heteroatoms. The van der Waals surface area contributed by atoms with Crippen LogP contribution in [0.15, 0.2) is 0 Å². The Kier molecular flexibility index (Phi) is 1.17. The average Bonchev–Trinajstić information content (AvgIpc) is 2.43. The summed E-state index contributed by atoms with van der Waals surface area (Å²) in [5.74, 6) is 10.4. The Hall–Kier alpha value is -0.0400. The van der Waals surface area contributed by atoms with Gasteiger partial charge in [-0.1, -0.05) is 20.3 Å². The fourth-order valence-corrected chi connectivity index (χ4v) is 13.0. The maximum atomic E-state index is 6.29. The van der Waals surface area contributed by atoms with Crippen LogP contribution in [0, 0.1) is 74.9 Å². The Morgan fingerprint density at radius 1 is 1.10 bits per heavy atom. The molecule has 0 amide bonds. The first-order valence-electron chi connectivity index (χ1n) is 9.89. The third-order valence-corrected chi connectivity index (χ3v) is 12.3. The first-order chi connectivity index (χ1) is 10.2. The molecule has 112 valence electrons. The monoisotopic (exact) mass is 281 g/mol. The summed E-state index contributed by atoms with van der Waals surface area (Å²) in [5.41, 5.74) is 9.68. The van der Waals surface area contributed by atoms with Gasteiger partial charge < -0.3 is 5.73 Å². The molecule has 13 unspecified atom stereocenters. The second kappa shape index (κ2) is 2.29. The van der Waals surface area contributed by atoms with Crippen LogP contribution in [0.1, 0.15) is 39.5 Å². The summed E-state index contributed by atoms with van der Waals surface area (Å²) in [6.45, 7) is 6.15. The van der Waals surface area contributed by atoms with Gasteiger partial charge in [0.2, 0.25) is 0 Å². The van der Waals surface area contributed by atoms with Crippen LogP contribution < -0.4 is 5.73 Å². The van der Waals surface area contributed by atoms with Crippen molar-refractivity contribution in [3.05, 3.63) is 0 Å². The molecular formula is C20H27N. The molecule has 0 aromatic carbocycles. The summed E-state index contributed by atoms with van der Waals surface area (Å²) in [7, 11) is 0. The van der Waals surface area contributed by atoms with Crippen LogP contribution in [-0.2, 0) is 0 Å². The van der Waals surface area contributed by atoms with E-state index < -0.39 is 0 Å². The van der Waals surface area contributed by atoms with Gasteiger partial charge in [-0.05, 0) is 101 Å². The van der Waals surface area contributed by atoms with Crippen molar-refractivity contribution < 1.29 is 0 Å². The number of rotatable bonds is 2. The van der Waals surface area contributed by atoms with Gasteiger partial charge in [0, 0.05) is 0 Å². The third kappa shape index (κ3) is 0.487. The van der Waals surface area contributed by atoms with Crippen molar-refractivity contribution in [3.8, 4) is 0 Å². The third-order valence-electron chi connectivity index (χ3n) is 12.3. The molecule has 3 spiro atoms. The van der Waals surface area contributed by atoms with Crippen LogP contribution in [0.4, 0.5) is 0 Å². The van der Waals surface area contributed by atoms with E-state index in [-0.39, 0.29) is 0 Å². The molecule has 8 saturated carbocycles. The summed E-state index contributed by atoms with van der Waals surface area (Å²) < 4.78 is 0. The molecule has 8 rings (SSSR count). The lowest BCUT2D eigenvalue weighted by molar-refractivity contribution is -0.696. The van der Waals surface area contributed by atoms with Gasteiger partial charge in [-0.2, -0.15) is 0 Å². The van der Waals surface area contributed by atoms with Crippen LogP contribution in [0.25, 0.3) is 0 Å². The lowest BCUT2D eigenvalue weighted by Crippen LogP contribution is -3.13. The van der Waals surface area contributed by atoms with Crippen molar-refractivity contribution in [3.63, 3.8) is 0 Å². The molecule has 21 heavy (non-hydrogen) atoms. The largest absolute Gasteiger partial charge is 0.330 e. The van der Waals surface area contributed by atoms with E-state index in [1.807, 2.05) is 0 Å². The molecule has 0 aromatic heterocycles. The van der Waals surface area contributed by atoms with Crippen molar-refractivity contribution in [2.75, 3.05) is 6.54 Å². The average molecular weight is 281 g/mol. The predicted molar refractivity (Wildman–Crippen MR) is 80.0 cm³/mol. The van der Waals surface area contributed by atoms with Crippen LogP contribution >= 0.6 is 0 Å². The van der Waals surface area contributed by atoms with E-state index in [9.17, 15) is 0 Å². The molecule has 0 aromatic rings. The van der Waals surface area contributed by atoms with Gasteiger partial charge in [0.05, 0.1) is 0 Å². The fourth-order valence-electron chi connectivity index (χ4n) is 13.0. The highest BCUT2D eigenvalue weighted by atomic mass is 15.2. The normalized spacial score (nSPS) is 87.9. The molecular weight excluding hydrogens is 254 g/mol. The quantitative estimate of drug-likeness (QED) is 0.827. The molecule has 13 atom stereocenters. The molecule has 8 fully saturated rings. The second-order valence-corrected chi connectivity index (χ2v) is 10.8. The number of hydrogen-bond donors (Lipinski definition) is 1. The van der Waals surface area contributed by atoms with Gasteiger partial charge in [0.25, 0.3) is 0 Å². The predicted octanol–water partition coefficient (Wildman–Crippen LogP) is 3.15. The first-order valence-corrected chi connectivity index (χ1v) is 9.89. The lowest BCUT2D eigenvalue weighted by Gasteiger charge is -3.16. The number of fused-ring (bicyclic) bond motifs is 4. The Balaban J connectivity index is 1.30. The van der Waals surface area contributed by atoms with Crippen molar-refractivity contribution in [1.29, 1.82) is 0 Å². The Bertz CT molecular complexity index is 648. The summed E-state index contributed by atoms with van der Waals surface area (Å²) in [6.07, 6.45) is 6.30. The maximum Gasteiger partial charge on any atom is -0.00145 e. The zero-order chi connectivity index (χ0) is 13.7. The summed E-state index contributed by atoms with van der Waals surface area (Å²) in [6, 6.07) is 0. The lowest BCUT2D eigenvalue weighted by atomic mass is 8.88. The van der Waals surface area contributed by atoms with Gasteiger partial charge in [0.1, 0.15) is 0 Å². The van der Waals surface area contributed by atoms with Crippen LogP contribution in [-0.4, -0.2) is 6.54 Å². The standard InChI is InChI=1S/C20H27N/c1-3-9-5-18-11(9)4-12(18)14-13-10-6-17(7-21)15-8(2)20(14,18)19(13,15)16(10)17/h8-16H,3-7,21H2,1-2H3. The minimum Gasteiger partial charge on any atom is -0.330 e. The van der Waals surface area contributed by atoms with Gasteiger partial charge in [-0.15, -0.1) is 0 Å². The van der Waals surface area contributed by atoms with E-state index in [0.29, 0.717) is 5.41 Å². The fraction of sp³-hybridized carbons (Fsp3) is 1.00. The molecule has 0 bridgehead atoms. The van der Waals surface area contributed by atoms with Crippen molar-refractivity contribution in [2.45, 2.75) is 39.5 Å². The van der Waals surface area contributed by atoms with Gasteiger partial charge in [-0.3, -0.25) is 0 Å². The molecule has 0 radical (unpaired) electrons. The number of hydrogen-bond acceptors (Lipinski definition) is 1. The van der Waals surface area contributed by atoms with Crippen LogP contribution in [0.2, 0.25) is 0 Å². The minimum absolute atomic E-state index is 0.672. The molecule has 8 aliphatic rings. The van der Waals surface area contributed by atoms with Gasteiger partial charge in [0.15, 0.2) is 0 Å². The summed E-state index contributed by atoms with van der Waals surface area (Å²) in [5, 5.41) is 0. The highest BCUT2D eigenvalue weighted by molar-refractivity contribution is 5.59. The molecule has 0 heterocycles. The molecule has 0 aliphatic heterocycles. The molecule has 8 aliphatic carbocycles. The van der Waals surface area contributed by atoms with Crippen LogP contribution in [0.5, 0.6) is 0 Å². The SMILES string of the molecule is CCC1CC23C1CC2C1C2C4CC5(CN)C4C24C5C(C)C134. The second-order valence-electron chi connectivity index (χ2n) is 10.8. The minimum atomic E-state index is 0.672. The van der Waals surface area contributed by atoms with Gasteiger partial charge in [-0.25, -0.2) is 0 Å². The Labute approximate surface area is 127 Å². The van der Waals surface area contributed by atoms with Crippen LogP contribution in [0.3, 0.4) is 0 Å². The van der Waals surface area contributed by atoms with Crippen molar-refractivity contribution in [2.24, 2.45) is 80.7 Å². The summed E-state index contributed by atoms with van der Waals surface area (Å²) in [4.78, 5) is 0.